The van der Waals surface area contributed by atoms with E-state index in [4.69, 9.17) is 11.6 Å². The van der Waals surface area contributed by atoms with E-state index in [0.29, 0.717) is 17.3 Å². The highest BCUT2D eigenvalue weighted by molar-refractivity contribution is 7.92. The molecule has 0 radical (unpaired) electrons. The summed E-state index contributed by atoms with van der Waals surface area (Å²) in [6.45, 7) is 5.31. The summed E-state index contributed by atoms with van der Waals surface area (Å²) in [7, 11) is -4.07. The molecule has 3 aromatic rings. The van der Waals surface area contributed by atoms with Crippen molar-refractivity contribution in [2.45, 2.75) is 38.3 Å². The van der Waals surface area contributed by atoms with Gasteiger partial charge in [0.15, 0.2) is 0 Å². The number of carbonyl (C=O) groups excluding carboxylic acids is 2. The van der Waals surface area contributed by atoms with Crippen LogP contribution in [0.25, 0.3) is 0 Å². The number of halogens is 1. The van der Waals surface area contributed by atoms with Gasteiger partial charge in [-0.1, -0.05) is 54.1 Å². The van der Waals surface area contributed by atoms with E-state index in [1.807, 2.05) is 13.0 Å². The summed E-state index contributed by atoms with van der Waals surface area (Å²) in [5.74, 6) is -0.836. The second-order valence-corrected chi connectivity index (χ2v) is 10.7. The Bertz CT molecular complexity index is 1300. The van der Waals surface area contributed by atoms with E-state index in [2.05, 4.69) is 5.32 Å². The summed E-state index contributed by atoms with van der Waals surface area (Å²) in [5.41, 5.74) is 1.98. The lowest BCUT2D eigenvalue weighted by molar-refractivity contribution is -0.139. The van der Waals surface area contributed by atoms with Crippen LogP contribution in [0, 0.1) is 6.92 Å². The molecular formula is C27H30ClN3O4S. The Hall–Kier alpha value is -3.36. The molecule has 0 aromatic heterocycles. The molecule has 0 aliphatic carbocycles. The quantitative estimate of drug-likeness (QED) is 0.423. The molecule has 0 aliphatic rings. The van der Waals surface area contributed by atoms with Gasteiger partial charge in [-0.15, -0.1) is 0 Å². The van der Waals surface area contributed by atoms with Gasteiger partial charge >= 0.3 is 0 Å². The Morgan fingerprint density at radius 2 is 1.64 bits per heavy atom. The van der Waals surface area contributed by atoms with Crippen LogP contribution in [0.2, 0.25) is 5.02 Å². The summed E-state index contributed by atoms with van der Waals surface area (Å²) in [4.78, 5) is 27.9. The fraction of sp³-hybridized carbons (Fsp3) is 0.259. The summed E-state index contributed by atoms with van der Waals surface area (Å²) >= 11 is 6.00. The van der Waals surface area contributed by atoms with Crippen LogP contribution in [0.15, 0.2) is 83.8 Å². The summed E-state index contributed by atoms with van der Waals surface area (Å²) in [6, 6.07) is 21.0. The molecule has 36 heavy (non-hydrogen) atoms. The predicted molar refractivity (Wildman–Crippen MR) is 142 cm³/mol. The number of hydrogen-bond acceptors (Lipinski definition) is 4. The van der Waals surface area contributed by atoms with Crippen molar-refractivity contribution in [2.75, 3.05) is 17.4 Å². The molecule has 0 fully saturated rings. The molecule has 9 heteroatoms. The lowest BCUT2D eigenvalue weighted by Gasteiger charge is -2.32. The standard InChI is InChI=1S/C27H30ClN3O4S/c1-4-29-27(33)21(3)30(18-22-13-15-23(28)16-14-22)26(32)19-31(24-10-8-9-20(2)17-24)36(34,35)25-11-6-5-7-12-25/h5-17,21H,4,18-19H2,1-3H3,(H,29,33)/t21-/m1/s1. The second-order valence-electron chi connectivity index (χ2n) is 8.38. The van der Waals surface area contributed by atoms with Gasteiger partial charge in [0.2, 0.25) is 11.8 Å². The lowest BCUT2D eigenvalue weighted by Crippen LogP contribution is -2.51. The van der Waals surface area contributed by atoms with Crippen LogP contribution in [-0.4, -0.2) is 44.3 Å². The van der Waals surface area contributed by atoms with Gasteiger partial charge in [0.1, 0.15) is 12.6 Å². The Balaban J connectivity index is 2.01. The van der Waals surface area contributed by atoms with E-state index < -0.39 is 28.5 Å². The van der Waals surface area contributed by atoms with E-state index in [1.165, 1.54) is 17.0 Å². The third-order valence-corrected chi connectivity index (χ3v) is 7.72. The van der Waals surface area contributed by atoms with Gasteiger partial charge in [0.25, 0.3) is 10.0 Å². The van der Waals surface area contributed by atoms with Crippen LogP contribution < -0.4 is 9.62 Å². The first kappa shape index (κ1) is 27.2. The molecule has 190 valence electrons. The maximum absolute atomic E-state index is 13.7. The van der Waals surface area contributed by atoms with Gasteiger partial charge in [-0.2, -0.15) is 0 Å². The van der Waals surface area contributed by atoms with Crippen molar-refractivity contribution in [3.63, 3.8) is 0 Å². The minimum absolute atomic E-state index is 0.0698. The summed E-state index contributed by atoms with van der Waals surface area (Å²) < 4.78 is 28.4. The number of likely N-dealkylation sites (N-methyl/N-ethyl adjacent to an activating group) is 1. The second kappa shape index (κ2) is 12.1. The molecular weight excluding hydrogens is 498 g/mol. The van der Waals surface area contributed by atoms with Crippen molar-refractivity contribution < 1.29 is 18.0 Å². The number of carbonyl (C=O) groups is 2. The third-order valence-electron chi connectivity index (χ3n) is 5.68. The lowest BCUT2D eigenvalue weighted by atomic mass is 10.1. The Morgan fingerprint density at radius 1 is 0.972 bits per heavy atom. The molecule has 0 bridgehead atoms. The highest BCUT2D eigenvalue weighted by Crippen LogP contribution is 2.25. The van der Waals surface area contributed by atoms with E-state index in [9.17, 15) is 18.0 Å². The molecule has 0 saturated carbocycles. The maximum atomic E-state index is 13.7. The minimum Gasteiger partial charge on any atom is -0.355 e. The molecule has 7 nitrogen and oxygen atoms in total. The van der Waals surface area contributed by atoms with Crippen LogP contribution in [0.5, 0.6) is 0 Å². The Morgan fingerprint density at radius 3 is 2.25 bits per heavy atom. The maximum Gasteiger partial charge on any atom is 0.264 e. The van der Waals surface area contributed by atoms with Crippen molar-refractivity contribution in [2.24, 2.45) is 0 Å². The van der Waals surface area contributed by atoms with Gasteiger partial charge in [0, 0.05) is 18.1 Å². The zero-order valence-electron chi connectivity index (χ0n) is 20.5. The summed E-state index contributed by atoms with van der Waals surface area (Å²) in [6.07, 6.45) is 0. The number of nitrogens with one attached hydrogen (secondary N) is 1. The Labute approximate surface area is 217 Å². The van der Waals surface area contributed by atoms with Crippen LogP contribution in [0.3, 0.4) is 0 Å². The van der Waals surface area contributed by atoms with Gasteiger partial charge in [0.05, 0.1) is 10.6 Å². The first-order valence-corrected chi connectivity index (χ1v) is 13.4. The largest absolute Gasteiger partial charge is 0.355 e. The predicted octanol–water partition coefficient (Wildman–Crippen LogP) is 4.40. The van der Waals surface area contributed by atoms with Crippen molar-refractivity contribution in [1.29, 1.82) is 0 Å². The van der Waals surface area contributed by atoms with Crippen LogP contribution in [-0.2, 0) is 26.2 Å². The van der Waals surface area contributed by atoms with Crippen molar-refractivity contribution >= 4 is 39.1 Å². The molecule has 0 spiro atoms. The molecule has 1 atom stereocenters. The Kier molecular flexibility index (Phi) is 9.12. The third kappa shape index (κ3) is 6.65. The van der Waals surface area contributed by atoms with Gasteiger partial charge in [-0.25, -0.2) is 8.42 Å². The average molecular weight is 528 g/mol. The normalized spacial score (nSPS) is 12.0. The van der Waals surface area contributed by atoms with Gasteiger partial charge in [-0.05, 0) is 68.3 Å². The zero-order valence-corrected chi connectivity index (χ0v) is 22.1. The van der Waals surface area contributed by atoms with Crippen molar-refractivity contribution in [3.8, 4) is 0 Å². The number of anilines is 1. The number of aryl methyl sites for hydroxylation is 1. The van der Waals surface area contributed by atoms with Gasteiger partial charge in [-0.3, -0.25) is 13.9 Å². The summed E-state index contributed by atoms with van der Waals surface area (Å²) in [5, 5.41) is 3.29. The topological polar surface area (TPSA) is 86.8 Å². The molecule has 3 rings (SSSR count). The van der Waals surface area contributed by atoms with E-state index in [-0.39, 0.29) is 17.3 Å². The van der Waals surface area contributed by atoms with E-state index in [0.717, 1.165) is 15.4 Å². The first-order chi connectivity index (χ1) is 17.1. The molecule has 0 heterocycles. The fourth-order valence-corrected chi connectivity index (χ4v) is 5.28. The van der Waals surface area contributed by atoms with E-state index in [1.54, 1.807) is 74.5 Å². The first-order valence-electron chi connectivity index (χ1n) is 11.6. The number of rotatable bonds is 10. The molecule has 0 saturated heterocycles. The SMILES string of the molecule is CCNC(=O)[C@@H](C)N(Cc1ccc(Cl)cc1)C(=O)CN(c1cccc(C)c1)S(=O)(=O)c1ccccc1. The minimum atomic E-state index is -4.07. The van der Waals surface area contributed by atoms with Crippen LogP contribution in [0.1, 0.15) is 25.0 Å². The molecule has 0 aliphatic heterocycles. The van der Waals surface area contributed by atoms with Crippen molar-refractivity contribution in [3.05, 3.63) is 95.0 Å². The van der Waals surface area contributed by atoms with Crippen LogP contribution >= 0.6 is 11.6 Å². The average Bonchev–Trinajstić information content (AvgIpc) is 2.87. The number of amides is 2. The number of hydrogen-bond donors (Lipinski definition) is 1. The fourth-order valence-electron chi connectivity index (χ4n) is 3.72. The van der Waals surface area contributed by atoms with E-state index >= 15 is 0 Å². The monoisotopic (exact) mass is 527 g/mol. The number of sulfonamides is 1. The molecule has 0 unspecified atom stereocenters. The van der Waals surface area contributed by atoms with Gasteiger partial charge < -0.3 is 10.2 Å². The highest BCUT2D eigenvalue weighted by atomic mass is 35.5. The number of benzene rings is 3. The van der Waals surface area contributed by atoms with Crippen molar-refractivity contribution in [1.82, 2.24) is 10.2 Å². The number of nitrogens with zero attached hydrogens (tertiary/aromatic N) is 2. The smallest absolute Gasteiger partial charge is 0.264 e. The van der Waals surface area contributed by atoms with Crippen LogP contribution in [0.4, 0.5) is 5.69 Å². The zero-order chi connectivity index (χ0) is 26.3. The molecule has 2 amide bonds. The molecule has 1 N–H and O–H groups in total. The molecule has 3 aromatic carbocycles. The highest BCUT2D eigenvalue weighted by Gasteiger charge is 2.32.